The average molecular weight is 372 g/mol. The minimum atomic E-state index is -0.0751. The molecule has 2 bridgehead atoms. The number of nitrogens with zero attached hydrogens (tertiary/aromatic N) is 2. The minimum absolute atomic E-state index is 0.0210. The third kappa shape index (κ3) is 3.27. The van der Waals surface area contributed by atoms with Crippen molar-refractivity contribution in [2.75, 3.05) is 5.75 Å². The molecule has 0 saturated heterocycles. The quantitative estimate of drug-likeness (QED) is 0.648. The highest BCUT2D eigenvalue weighted by Gasteiger charge is 2.42. The van der Waals surface area contributed by atoms with Crippen LogP contribution in [-0.4, -0.2) is 27.3 Å². The zero-order chi connectivity index (χ0) is 18.3. The standard InChI is InChI=1S/C20H25N3O2S/c1-12(16-10-13-7-8-14(16)9-13)21-18(24)11-26-20-22-17-6-4-3-5-15(17)19(25)23(20)2/h3-6,12-14,16H,7-11H2,1-2H3,(H,21,24)/t12-,13+,14+,16-/m0/s1. The molecule has 2 aliphatic rings. The van der Waals surface area contributed by atoms with Crippen LogP contribution in [-0.2, 0) is 11.8 Å². The molecule has 1 N–H and O–H groups in total. The summed E-state index contributed by atoms with van der Waals surface area (Å²) in [7, 11) is 1.71. The first kappa shape index (κ1) is 17.6. The maximum atomic E-state index is 12.4. The van der Waals surface area contributed by atoms with Crippen molar-refractivity contribution >= 4 is 28.6 Å². The van der Waals surface area contributed by atoms with Crippen LogP contribution in [0.15, 0.2) is 34.2 Å². The van der Waals surface area contributed by atoms with E-state index >= 15 is 0 Å². The highest BCUT2D eigenvalue weighted by atomic mass is 32.2. The lowest BCUT2D eigenvalue weighted by atomic mass is 9.84. The van der Waals surface area contributed by atoms with Gasteiger partial charge in [-0.15, -0.1) is 0 Å². The van der Waals surface area contributed by atoms with Crippen LogP contribution >= 0.6 is 11.8 Å². The molecule has 1 aromatic carbocycles. The Bertz CT molecular complexity index is 894. The van der Waals surface area contributed by atoms with Gasteiger partial charge in [-0.2, -0.15) is 0 Å². The van der Waals surface area contributed by atoms with Gasteiger partial charge in [0.2, 0.25) is 5.91 Å². The van der Waals surface area contributed by atoms with E-state index in [0.29, 0.717) is 22.0 Å². The Morgan fingerprint density at radius 2 is 2.15 bits per heavy atom. The first-order valence-corrected chi connectivity index (χ1v) is 10.4. The Labute approximate surface area is 157 Å². The Hall–Kier alpha value is -1.82. The van der Waals surface area contributed by atoms with Gasteiger partial charge in [0.15, 0.2) is 5.16 Å². The predicted molar refractivity (Wildman–Crippen MR) is 104 cm³/mol. The van der Waals surface area contributed by atoms with E-state index < -0.39 is 0 Å². The molecule has 0 spiro atoms. The van der Waals surface area contributed by atoms with Crippen LogP contribution in [0.1, 0.15) is 32.6 Å². The van der Waals surface area contributed by atoms with Crippen molar-refractivity contribution in [3.8, 4) is 0 Å². The maximum absolute atomic E-state index is 12.4. The van der Waals surface area contributed by atoms with Gasteiger partial charge in [-0.1, -0.05) is 30.3 Å². The second-order valence-electron chi connectivity index (χ2n) is 7.76. The number of carbonyl (C=O) groups excluding carboxylic acids is 1. The fraction of sp³-hybridized carbons (Fsp3) is 0.550. The van der Waals surface area contributed by atoms with Crippen molar-refractivity contribution in [2.24, 2.45) is 24.8 Å². The average Bonchev–Trinajstić information content (AvgIpc) is 3.27. The molecule has 1 amide bonds. The number of aromatic nitrogens is 2. The lowest BCUT2D eigenvalue weighted by Gasteiger charge is -2.28. The molecule has 26 heavy (non-hydrogen) atoms. The topological polar surface area (TPSA) is 64.0 Å². The minimum Gasteiger partial charge on any atom is -0.353 e. The summed E-state index contributed by atoms with van der Waals surface area (Å²) in [6, 6.07) is 7.54. The molecule has 1 heterocycles. The van der Waals surface area contributed by atoms with E-state index in [4.69, 9.17) is 0 Å². The van der Waals surface area contributed by atoms with Gasteiger partial charge >= 0.3 is 0 Å². The molecule has 4 rings (SSSR count). The smallest absolute Gasteiger partial charge is 0.261 e. The van der Waals surface area contributed by atoms with E-state index in [-0.39, 0.29) is 23.3 Å². The van der Waals surface area contributed by atoms with Crippen LogP contribution in [0.3, 0.4) is 0 Å². The molecule has 2 aliphatic carbocycles. The van der Waals surface area contributed by atoms with Crippen molar-refractivity contribution in [1.82, 2.24) is 14.9 Å². The number of hydrogen-bond acceptors (Lipinski definition) is 4. The van der Waals surface area contributed by atoms with E-state index in [9.17, 15) is 9.59 Å². The van der Waals surface area contributed by atoms with E-state index in [1.54, 1.807) is 13.1 Å². The second-order valence-corrected chi connectivity index (χ2v) is 8.70. The third-order valence-electron chi connectivity index (χ3n) is 6.10. The van der Waals surface area contributed by atoms with Crippen molar-refractivity contribution in [3.63, 3.8) is 0 Å². The number of para-hydroxylation sites is 1. The van der Waals surface area contributed by atoms with Crippen molar-refractivity contribution < 1.29 is 4.79 Å². The Morgan fingerprint density at radius 3 is 2.88 bits per heavy atom. The molecule has 2 saturated carbocycles. The van der Waals surface area contributed by atoms with Gasteiger partial charge in [0, 0.05) is 13.1 Å². The monoisotopic (exact) mass is 371 g/mol. The molecule has 2 aromatic rings. The fourth-order valence-corrected chi connectivity index (χ4v) is 5.55. The molecule has 2 fully saturated rings. The van der Waals surface area contributed by atoms with Gasteiger partial charge < -0.3 is 5.32 Å². The lowest BCUT2D eigenvalue weighted by molar-refractivity contribution is -0.119. The largest absolute Gasteiger partial charge is 0.353 e. The molecule has 138 valence electrons. The number of carbonyl (C=O) groups is 1. The van der Waals surface area contributed by atoms with Gasteiger partial charge in [0.1, 0.15) is 0 Å². The summed E-state index contributed by atoms with van der Waals surface area (Å²) in [6.45, 7) is 2.14. The first-order chi connectivity index (χ1) is 12.5. The number of benzene rings is 1. The van der Waals surface area contributed by atoms with Crippen LogP contribution in [0.25, 0.3) is 10.9 Å². The summed E-state index contributed by atoms with van der Waals surface area (Å²) in [4.78, 5) is 29.4. The number of amides is 1. The molecule has 6 heteroatoms. The van der Waals surface area contributed by atoms with Crippen LogP contribution in [0.5, 0.6) is 0 Å². The maximum Gasteiger partial charge on any atom is 0.261 e. The van der Waals surface area contributed by atoms with Gasteiger partial charge in [0.05, 0.1) is 16.7 Å². The van der Waals surface area contributed by atoms with Crippen molar-refractivity contribution in [3.05, 3.63) is 34.6 Å². The van der Waals surface area contributed by atoms with Gasteiger partial charge in [0.25, 0.3) is 5.56 Å². The molecular formula is C20H25N3O2S. The molecule has 0 radical (unpaired) electrons. The highest BCUT2D eigenvalue weighted by molar-refractivity contribution is 7.99. The van der Waals surface area contributed by atoms with Gasteiger partial charge in [-0.25, -0.2) is 4.98 Å². The molecule has 5 nitrogen and oxygen atoms in total. The summed E-state index contributed by atoms with van der Waals surface area (Å²) in [5.41, 5.74) is 0.600. The zero-order valence-electron chi connectivity index (χ0n) is 15.3. The Balaban J connectivity index is 1.39. The van der Waals surface area contributed by atoms with Gasteiger partial charge in [-0.05, 0) is 56.1 Å². The first-order valence-electron chi connectivity index (χ1n) is 9.41. The molecule has 4 atom stereocenters. The van der Waals surface area contributed by atoms with E-state index in [1.165, 1.54) is 42.0 Å². The second kappa shape index (κ2) is 7.06. The third-order valence-corrected chi connectivity index (χ3v) is 7.13. The van der Waals surface area contributed by atoms with E-state index in [2.05, 4.69) is 17.2 Å². The SMILES string of the molecule is C[C@H](NC(=O)CSc1nc2ccccc2c(=O)n1C)[C@@H]1C[C@@H]2CC[C@@H]1C2. The molecule has 0 unspecified atom stereocenters. The normalized spacial score (nSPS) is 25.5. The number of thioether (sulfide) groups is 1. The summed E-state index contributed by atoms with van der Waals surface area (Å²) >= 11 is 1.32. The number of nitrogens with one attached hydrogen (secondary N) is 1. The van der Waals surface area contributed by atoms with Crippen molar-refractivity contribution in [2.45, 2.75) is 43.8 Å². The van der Waals surface area contributed by atoms with Crippen molar-refractivity contribution in [1.29, 1.82) is 0 Å². The fourth-order valence-electron chi connectivity index (χ4n) is 4.77. The zero-order valence-corrected chi connectivity index (χ0v) is 16.1. The highest BCUT2D eigenvalue weighted by Crippen LogP contribution is 2.49. The summed E-state index contributed by atoms with van der Waals surface area (Å²) in [5, 5.41) is 4.36. The number of fused-ring (bicyclic) bond motifs is 3. The molecule has 1 aromatic heterocycles. The lowest BCUT2D eigenvalue weighted by Crippen LogP contribution is -2.41. The Kier molecular flexibility index (Phi) is 4.78. The number of rotatable bonds is 5. The van der Waals surface area contributed by atoms with E-state index in [1.807, 2.05) is 18.2 Å². The molecular weight excluding hydrogens is 346 g/mol. The predicted octanol–water partition coefficient (Wildman–Crippen LogP) is 2.97. The van der Waals surface area contributed by atoms with Crippen LogP contribution < -0.4 is 10.9 Å². The van der Waals surface area contributed by atoms with Crippen LogP contribution in [0, 0.1) is 17.8 Å². The van der Waals surface area contributed by atoms with Crippen LogP contribution in [0.2, 0.25) is 0 Å². The molecule has 0 aliphatic heterocycles. The summed E-state index contributed by atoms with van der Waals surface area (Å²) in [5.74, 6) is 2.61. The Morgan fingerprint density at radius 1 is 1.35 bits per heavy atom. The van der Waals surface area contributed by atoms with E-state index in [0.717, 1.165) is 11.8 Å². The van der Waals surface area contributed by atoms with Crippen LogP contribution in [0.4, 0.5) is 0 Å². The van der Waals surface area contributed by atoms with Gasteiger partial charge in [-0.3, -0.25) is 14.2 Å². The summed E-state index contributed by atoms with van der Waals surface area (Å²) in [6.07, 6.45) is 5.31. The summed E-state index contributed by atoms with van der Waals surface area (Å²) < 4.78 is 1.53. The number of hydrogen-bond donors (Lipinski definition) is 1.